The molecule has 0 unspecified atom stereocenters. The molecule has 0 bridgehead atoms. The molecule has 1 saturated heterocycles. The molecule has 0 saturated carbocycles. The molecule has 33 heavy (non-hydrogen) atoms. The Morgan fingerprint density at radius 3 is 2.61 bits per heavy atom. The van der Waals surface area contributed by atoms with Crippen LogP contribution in [0, 0.1) is 0 Å². The first-order valence-corrected chi connectivity index (χ1v) is 11.3. The molecule has 0 amide bonds. The topological polar surface area (TPSA) is 82.6 Å². The van der Waals surface area contributed by atoms with E-state index in [1.807, 2.05) is 55.6 Å². The minimum atomic E-state index is 0.0147. The van der Waals surface area contributed by atoms with Crippen molar-refractivity contribution in [3.05, 3.63) is 65.6 Å². The van der Waals surface area contributed by atoms with Crippen LogP contribution in [0.25, 0.3) is 44.3 Å². The van der Waals surface area contributed by atoms with Gasteiger partial charge < -0.3 is 5.32 Å². The first-order chi connectivity index (χ1) is 16.1. The Hall–Kier alpha value is -3.78. The van der Waals surface area contributed by atoms with Crippen molar-refractivity contribution in [2.75, 3.05) is 13.1 Å². The molecule has 8 heteroatoms. The number of nitrogens with zero attached hydrogens (tertiary/aromatic N) is 6. The second-order valence-electron chi connectivity index (χ2n) is 8.77. The van der Waals surface area contributed by atoms with Gasteiger partial charge in [-0.1, -0.05) is 12.1 Å². The molecule has 1 fully saturated rings. The first kappa shape index (κ1) is 19.9. The zero-order valence-electron chi connectivity index (χ0n) is 18.7. The number of piperidine rings is 1. The highest BCUT2D eigenvalue weighted by molar-refractivity contribution is 6.04. The van der Waals surface area contributed by atoms with E-state index in [9.17, 15) is 4.79 Å². The Kier molecular flexibility index (Phi) is 4.62. The maximum atomic E-state index is 13.2. The molecule has 1 N–H and O–H groups in total. The van der Waals surface area contributed by atoms with Gasteiger partial charge in [0.25, 0.3) is 0 Å². The summed E-state index contributed by atoms with van der Waals surface area (Å²) in [6, 6.07) is 10.5. The molecule has 5 aromatic rings. The summed E-state index contributed by atoms with van der Waals surface area (Å²) in [7, 11) is 3.73. The first-order valence-electron chi connectivity index (χ1n) is 11.3. The lowest BCUT2D eigenvalue weighted by molar-refractivity contribution is 0.369. The van der Waals surface area contributed by atoms with Crippen molar-refractivity contribution in [2.45, 2.75) is 18.9 Å². The molecule has 1 aliphatic heterocycles. The summed E-state index contributed by atoms with van der Waals surface area (Å²) in [4.78, 5) is 22.5. The SMILES string of the molecule is Cn1cc(-c2ccc(-c3ccc4ncc5c(c4c3)n([C@@H]3CCCNC3)c(=O)n5C)cn2)cn1. The van der Waals surface area contributed by atoms with Gasteiger partial charge in [0, 0.05) is 49.5 Å². The van der Waals surface area contributed by atoms with E-state index in [2.05, 4.69) is 38.6 Å². The number of hydrogen-bond donors (Lipinski definition) is 1. The van der Waals surface area contributed by atoms with Gasteiger partial charge in [0.1, 0.15) is 0 Å². The highest BCUT2D eigenvalue weighted by atomic mass is 16.1. The van der Waals surface area contributed by atoms with E-state index in [1.54, 1.807) is 9.25 Å². The number of aryl methyl sites for hydroxylation is 2. The second kappa shape index (κ2) is 7.67. The average molecular weight is 440 g/mol. The summed E-state index contributed by atoms with van der Waals surface area (Å²) in [5.41, 5.74) is 6.66. The quantitative estimate of drug-likeness (QED) is 0.467. The highest BCUT2D eigenvalue weighted by Gasteiger charge is 2.23. The Morgan fingerprint density at radius 1 is 1.00 bits per heavy atom. The minimum Gasteiger partial charge on any atom is -0.315 e. The fourth-order valence-corrected chi connectivity index (χ4v) is 4.89. The molecule has 4 aromatic heterocycles. The molecule has 1 aliphatic rings. The molecule has 166 valence electrons. The van der Waals surface area contributed by atoms with Gasteiger partial charge in [0.15, 0.2) is 0 Å². The van der Waals surface area contributed by atoms with Gasteiger partial charge in [-0.15, -0.1) is 0 Å². The number of rotatable bonds is 3. The predicted molar refractivity (Wildman–Crippen MR) is 129 cm³/mol. The van der Waals surface area contributed by atoms with E-state index in [4.69, 9.17) is 0 Å². The van der Waals surface area contributed by atoms with Crippen molar-refractivity contribution >= 4 is 21.9 Å². The maximum absolute atomic E-state index is 13.2. The minimum absolute atomic E-state index is 0.0147. The normalized spacial score (nSPS) is 16.6. The monoisotopic (exact) mass is 439 g/mol. The number of hydrogen-bond acceptors (Lipinski definition) is 5. The second-order valence-corrected chi connectivity index (χ2v) is 8.77. The van der Waals surface area contributed by atoms with Crippen molar-refractivity contribution in [3.8, 4) is 22.4 Å². The third-order valence-corrected chi connectivity index (χ3v) is 6.65. The summed E-state index contributed by atoms with van der Waals surface area (Å²) in [6.07, 6.45) is 9.53. The van der Waals surface area contributed by atoms with Crippen molar-refractivity contribution in [1.29, 1.82) is 0 Å². The van der Waals surface area contributed by atoms with Crippen LogP contribution in [0.2, 0.25) is 0 Å². The van der Waals surface area contributed by atoms with Gasteiger partial charge in [0.2, 0.25) is 0 Å². The third-order valence-electron chi connectivity index (χ3n) is 6.65. The van der Waals surface area contributed by atoms with Crippen LogP contribution < -0.4 is 11.0 Å². The zero-order valence-corrected chi connectivity index (χ0v) is 18.7. The lowest BCUT2D eigenvalue weighted by Crippen LogP contribution is -2.36. The van der Waals surface area contributed by atoms with E-state index in [0.29, 0.717) is 0 Å². The molecule has 8 nitrogen and oxygen atoms in total. The van der Waals surface area contributed by atoms with Gasteiger partial charge >= 0.3 is 5.69 Å². The zero-order chi connectivity index (χ0) is 22.5. The predicted octanol–water partition coefficient (Wildman–Crippen LogP) is 3.28. The largest absolute Gasteiger partial charge is 0.329 e. The number of benzene rings is 1. The van der Waals surface area contributed by atoms with Crippen LogP contribution in [-0.2, 0) is 14.1 Å². The lowest BCUT2D eigenvalue weighted by atomic mass is 10.0. The Balaban J connectivity index is 1.50. The van der Waals surface area contributed by atoms with E-state index in [-0.39, 0.29) is 11.7 Å². The average Bonchev–Trinajstić information content (AvgIpc) is 3.40. The smallest absolute Gasteiger partial charge is 0.315 e. The van der Waals surface area contributed by atoms with Gasteiger partial charge in [-0.05, 0) is 43.1 Å². The van der Waals surface area contributed by atoms with E-state index in [0.717, 1.165) is 70.3 Å². The van der Waals surface area contributed by atoms with Crippen LogP contribution in [0.15, 0.2) is 59.9 Å². The standard InChI is InChI=1S/C25H25N7O/c1-30-15-18(12-29-30)21-7-6-17(11-27-21)16-5-8-22-20(10-16)24-23(14-28-22)31(2)25(33)32(24)19-4-3-9-26-13-19/h5-8,10-12,14-15,19,26H,3-4,9,13H2,1-2H3/t19-/m1/s1. The summed E-state index contributed by atoms with van der Waals surface area (Å²) >= 11 is 0. The van der Waals surface area contributed by atoms with Crippen LogP contribution in [-0.4, -0.2) is 42.0 Å². The van der Waals surface area contributed by atoms with Gasteiger partial charge in [-0.3, -0.25) is 23.8 Å². The maximum Gasteiger partial charge on any atom is 0.329 e. The van der Waals surface area contributed by atoms with Crippen LogP contribution in [0.5, 0.6) is 0 Å². The van der Waals surface area contributed by atoms with E-state index < -0.39 is 0 Å². The summed E-state index contributed by atoms with van der Waals surface area (Å²) in [5, 5.41) is 8.66. The van der Waals surface area contributed by atoms with Gasteiger partial charge in [0.05, 0.1) is 40.7 Å². The molecule has 1 atom stereocenters. The lowest BCUT2D eigenvalue weighted by Gasteiger charge is -2.24. The summed E-state index contributed by atoms with van der Waals surface area (Å²) < 4.78 is 5.46. The Bertz CT molecular complexity index is 1540. The van der Waals surface area contributed by atoms with Crippen LogP contribution >= 0.6 is 0 Å². The number of imidazole rings is 1. The molecule has 0 spiro atoms. The third kappa shape index (κ3) is 3.25. The molecule has 6 rings (SSSR count). The van der Waals surface area contributed by atoms with Crippen LogP contribution in [0.3, 0.4) is 0 Å². The van der Waals surface area contributed by atoms with Crippen LogP contribution in [0.4, 0.5) is 0 Å². The fourth-order valence-electron chi connectivity index (χ4n) is 4.89. The molecule has 0 aliphatic carbocycles. The summed E-state index contributed by atoms with van der Waals surface area (Å²) in [6.45, 7) is 1.81. The van der Waals surface area contributed by atoms with Gasteiger partial charge in [-0.2, -0.15) is 5.10 Å². The van der Waals surface area contributed by atoms with E-state index >= 15 is 0 Å². The van der Waals surface area contributed by atoms with Crippen LogP contribution in [0.1, 0.15) is 18.9 Å². The summed E-state index contributed by atoms with van der Waals surface area (Å²) in [5.74, 6) is 0. The number of aromatic nitrogens is 6. The molecule has 5 heterocycles. The van der Waals surface area contributed by atoms with Crippen molar-refractivity contribution in [1.82, 2.24) is 34.2 Å². The molecular formula is C25H25N7O. The number of pyridine rings is 2. The van der Waals surface area contributed by atoms with Gasteiger partial charge in [-0.25, -0.2) is 4.79 Å². The van der Waals surface area contributed by atoms with E-state index in [1.165, 1.54) is 0 Å². The Morgan fingerprint density at radius 2 is 1.88 bits per heavy atom. The number of fused-ring (bicyclic) bond motifs is 3. The highest BCUT2D eigenvalue weighted by Crippen LogP contribution is 2.31. The molecular weight excluding hydrogens is 414 g/mol. The fraction of sp³-hybridized carbons (Fsp3) is 0.280. The number of nitrogens with one attached hydrogen (secondary N) is 1. The molecule has 0 radical (unpaired) electrons. The Labute approximate surface area is 190 Å². The molecule has 1 aromatic carbocycles. The van der Waals surface area contributed by atoms with Crippen molar-refractivity contribution in [2.24, 2.45) is 14.1 Å². The van der Waals surface area contributed by atoms with Crippen molar-refractivity contribution in [3.63, 3.8) is 0 Å². The van der Waals surface area contributed by atoms with Crippen molar-refractivity contribution < 1.29 is 0 Å².